The van der Waals surface area contributed by atoms with Gasteiger partial charge in [-0.25, -0.2) is 4.68 Å². The van der Waals surface area contributed by atoms with Gasteiger partial charge in [-0.2, -0.15) is 0 Å². The smallest absolute Gasteiger partial charge is 0.295 e. The van der Waals surface area contributed by atoms with Gasteiger partial charge >= 0.3 is 0 Å². The lowest BCUT2D eigenvalue weighted by Gasteiger charge is -2.24. The van der Waals surface area contributed by atoms with Gasteiger partial charge in [-0.15, -0.1) is 0 Å². The van der Waals surface area contributed by atoms with Crippen LogP contribution in [0.3, 0.4) is 0 Å². The number of carbonyl (C=O) groups excluding carboxylic acids is 1. The van der Waals surface area contributed by atoms with Crippen molar-refractivity contribution in [1.82, 2.24) is 9.36 Å². The standard InChI is InChI=1S/C26H26N4O3/c1-17-15-19-9-7-8-12-22(19)29(17)16-23-21(13-14-33-23)25(31)27-24-18(2)28(3)30(26(24)32)20-10-5-4-6-11-20/h4-14,17H,15-16H2,1-3H3,(H,27,31). The summed E-state index contributed by atoms with van der Waals surface area (Å²) in [5, 5.41) is 2.84. The van der Waals surface area contributed by atoms with E-state index in [1.165, 1.54) is 11.8 Å². The van der Waals surface area contributed by atoms with Crippen LogP contribution in [0.15, 0.2) is 76.1 Å². The molecule has 0 aliphatic carbocycles. The molecule has 0 radical (unpaired) electrons. The number of amides is 1. The minimum Gasteiger partial charge on any atom is -0.467 e. The third kappa shape index (κ3) is 3.55. The molecule has 168 valence electrons. The molecular weight excluding hydrogens is 416 g/mol. The van der Waals surface area contributed by atoms with Crippen molar-refractivity contribution in [3.63, 3.8) is 0 Å². The van der Waals surface area contributed by atoms with Crippen LogP contribution in [0.5, 0.6) is 0 Å². The fourth-order valence-corrected chi connectivity index (χ4v) is 4.58. The summed E-state index contributed by atoms with van der Waals surface area (Å²) in [6.45, 7) is 4.47. The summed E-state index contributed by atoms with van der Waals surface area (Å²) in [6, 6.07) is 19.6. The Bertz CT molecular complexity index is 1380. The van der Waals surface area contributed by atoms with E-state index in [1.54, 1.807) is 22.5 Å². The Labute approximate surface area is 191 Å². The molecule has 0 saturated carbocycles. The molecular formula is C26H26N4O3. The van der Waals surface area contributed by atoms with Gasteiger partial charge < -0.3 is 14.6 Å². The van der Waals surface area contributed by atoms with E-state index in [0.717, 1.165) is 17.8 Å². The zero-order valence-corrected chi connectivity index (χ0v) is 18.9. The van der Waals surface area contributed by atoms with Crippen molar-refractivity contribution in [1.29, 1.82) is 0 Å². The molecule has 1 unspecified atom stereocenters. The van der Waals surface area contributed by atoms with E-state index in [2.05, 4.69) is 29.3 Å². The quantitative estimate of drug-likeness (QED) is 0.501. The Balaban J connectivity index is 1.42. The molecule has 2 aromatic carbocycles. The summed E-state index contributed by atoms with van der Waals surface area (Å²) in [4.78, 5) is 28.6. The third-order valence-corrected chi connectivity index (χ3v) is 6.45. The molecule has 1 amide bonds. The van der Waals surface area contributed by atoms with E-state index in [9.17, 15) is 9.59 Å². The maximum Gasteiger partial charge on any atom is 0.295 e. The number of hydrogen-bond donors (Lipinski definition) is 1. The van der Waals surface area contributed by atoms with Gasteiger partial charge in [0.1, 0.15) is 11.4 Å². The lowest BCUT2D eigenvalue weighted by Crippen LogP contribution is -2.29. The second kappa shape index (κ2) is 8.16. The van der Waals surface area contributed by atoms with E-state index in [0.29, 0.717) is 29.6 Å². The van der Waals surface area contributed by atoms with E-state index < -0.39 is 0 Å². The monoisotopic (exact) mass is 442 g/mol. The van der Waals surface area contributed by atoms with Crippen LogP contribution in [-0.2, 0) is 20.0 Å². The van der Waals surface area contributed by atoms with Crippen molar-refractivity contribution in [2.45, 2.75) is 32.9 Å². The number of nitrogens with zero attached hydrogens (tertiary/aromatic N) is 3. The predicted octanol–water partition coefficient (Wildman–Crippen LogP) is 4.28. The summed E-state index contributed by atoms with van der Waals surface area (Å²) in [7, 11) is 1.80. The molecule has 0 bridgehead atoms. The lowest BCUT2D eigenvalue weighted by molar-refractivity contribution is 0.102. The number of nitrogens with one attached hydrogen (secondary N) is 1. The Kier molecular flexibility index (Phi) is 5.17. The lowest BCUT2D eigenvalue weighted by atomic mass is 10.1. The zero-order chi connectivity index (χ0) is 23.1. The van der Waals surface area contributed by atoms with Gasteiger partial charge in [-0.3, -0.25) is 14.3 Å². The molecule has 1 aliphatic rings. The third-order valence-electron chi connectivity index (χ3n) is 6.45. The van der Waals surface area contributed by atoms with Crippen molar-refractivity contribution >= 4 is 17.3 Å². The normalized spacial score (nSPS) is 15.0. The molecule has 2 aromatic heterocycles. The summed E-state index contributed by atoms with van der Waals surface area (Å²) >= 11 is 0. The van der Waals surface area contributed by atoms with Crippen molar-refractivity contribution in [3.8, 4) is 5.69 Å². The molecule has 0 fully saturated rings. The Morgan fingerprint density at radius 2 is 1.82 bits per heavy atom. The van der Waals surface area contributed by atoms with Gasteiger partial charge in [0.25, 0.3) is 11.5 Å². The van der Waals surface area contributed by atoms with Gasteiger partial charge in [-0.1, -0.05) is 36.4 Å². The molecule has 7 heteroatoms. The van der Waals surface area contributed by atoms with Crippen LogP contribution < -0.4 is 15.8 Å². The molecule has 4 aromatic rings. The fraction of sp³-hybridized carbons (Fsp3) is 0.231. The fourth-order valence-electron chi connectivity index (χ4n) is 4.58. The van der Waals surface area contributed by atoms with Gasteiger partial charge in [0, 0.05) is 18.8 Å². The number of benzene rings is 2. The minimum absolute atomic E-state index is 0.262. The van der Waals surface area contributed by atoms with Crippen LogP contribution in [0.2, 0.25) is 0 Å². The minimum atomic E-state index is -0.357. The number of fused-ring (bicyclic) bond motifs is 1. The first-order valence-corrected chi connectivity index (χ1v) is 11.0. The summed E-state index contributed by atoms with van der Waals surface area (Å²) in [5.41, 5.74) is 4.28. The van der Waals surface area contributed by atoms with Crippen molar-refractivity contribution < 1.29 is 9.21 Å². The second-order valence-corrected chi connectivity index (χ2v) is 8.46. The Morgan fingerprint density at radius 3 is 2.61 bits per heavy atom. The zero-order valence-electron chi connectivity index (χ0n) is 18.9. The summed E-state index contributed by atoms with van der Waals surface area (Å²) in [5.74, 6) is 0.220. The van der Waals surface area contributed by atoms with E-state index in [4.69, 9.17) is 4.42 Å². The molecule has 33 heavy (non-hydrogen) atoms. The van der Waals surface area contributed by atoms with Gasteiger partial charge in [0.15, 0.2) is 0 Å². The van der Waals surface area contributed by atoms with E-state index in [1.807, 2.05) is 49.4 Å². The first-order valence-electron chi connectivity index (χ1n) is 11.0. The summed E-state index contributed by atoms with van der Waals surface area (Å²) in [6.07, 6.45) is 2.48. The SMILES string of the molecule is Cc1c(NC(=O)c2ccoc2CN2c3ccccc3CC2C)c(=O)n(-c2ccccc2)n1C. The molecule has 7 nitrogen and oxygen atoms in total. The van der Waals surface area contributed by atoms with Gasteiger partial charge in [0.2, 0.25) is 0 Å². The number of aromatic nitrogens is 2. The number of para-hydroxylation sites is 2. The van der Waals surface area contributed by atoms with Crippen molar-refractivity contribution in [2.75, 3.05) is 10.2 Å². The van der Waals surface area contributed by atoms with E-state index in [-0.39, 0.29) is 17.2 Å². The number of anilines is 2. The van der Waals surface area contributed by atoms with Crippen molar-refractivity contribution in [3.05, 3.63) is 99.9 Å². The maximum absolute atomic E-state index is 13.2. The molecule has 0 spiro atoms. The molecule has 3 heterocycles. The highest BCUT2D eigenvalue weighted by Crippen LogP contribution is 2.33. The number of furan rings is 1. The first kappa shape index (κ1) is 20.9. The van der Waals surface area contributed by atoms with Crippen LogP contribution in [0, 0.1) is 6.92 Å². The topological polar surface area (TPSA) is 72.4 Å². The largest absolute Gasteiger partial charge is 0.467 e. The molecule has 1 atom stereocenters. The van der Waals surface area contributed by atoms with Gasteiger partial charge in [-0.05, 0) is 50.1 Å². The number of hydrogen-bond acceptors (Lipinski definition) is 4. The second-order valence-electron chi connectivity index (χ2n) is 8.46. The van der Waals surface area contributed by atoms with Crippen molar-refractivity contribution in [2.24, 2.45) is 7.05 Å². The molecule has 0 saturated heterocycles. The predicted molar refractivity (Wildman–Crippen MR) is 128 cm³/mol. The molecule has 1 N–H and O–H groups in total. The Morgan fingerprint density at radius 1 is 1.09 bits per heavy atom. The summed E-state index contributed by atoms with van der Waals surface area (Å²) < 4.78 is 9.00. The van der Waals surface area contributed by atoms with Gasteiger partial charge in [0.05, 0.1) is 29.8 Å². The average molecular weight is 443 g/mol. The van der Waals surface area contributed by atoms with E-state index >= 15 is 0 Å². The van der Waals surface area contributed by atoms with Crippen LogP contribution >= 0.6 is 0 Å². The highest BCUT2D eigenvalue weighted by molar-refractivity contribution is 6.05. The van der Waals surface area contributed by atoms with Crippen LogP contribution in [0.1, 0.15) is 34.3 Å². The highest BCUT2D eigenvalue weighted by Gasteiger charge is 2.28. The van der Waals surface area contributed by atoms with Crippen LogP contribution in [0.25, 0.3) is 5.69 Å². The highest BCUT2D eigenvalue weighted by atomic mass is 16.3. The first-order chi connectivity index (χ1) is 16.0. The average Bonchev–Trinajstić information content (AvgIpc) is 3.47. The van der Waals surface area contributed by atoms with Crippen LogP contribution in [-0.4, -0.2) is 21.3 Å². The molecule has 1 aliphatic heterocycles. The maximum atomic E-state index is 13.2. The number of rotatable bonds is 5. The number of carbonyl (C=O) groups is 1. The van der Waals surface area contributed by atoms with Crippen LogP contribution in [0.4, 0.5) is 11.4 Å². The molecule has 5 rings (SSSR count). The Hall–Kier alpha value is -4.00.